The van der Waals surface area contributed by atoms with Crippen LogP contribution in [0.2, 0.25) is 0 Å². The second-order valence-corrected chi connectivity index (χ2v) is 6.99. The van der Waals surface area contributed by atoms with Gasteiger partial charge in [-0.2, -0.15) is 0 Å². The molecule has 2 rings (SSSR count). The van der Waals surface area contributed by atoms with Gasteiger partial charge in [-0.25, -0.2) is 0 Å². The molecule has 0 bridgehead atoms. The van der Waals surface area contributed by atoms with E-state index in [0.29, 0.717) is 25.4 Å². The molecule has 2 aromatic rings. The van der Waals surface area contributed by atoms with E-state index in [4.69, 9.17) is 4.74 Å². The van der Waals surface area contributed by atoms with Crippen LogP contribution in [0.4, 0.5) is 0 Å². The van der Waals surface area contributed by atoms with E-state index in [9.17, 15) is 4.21 Å². The van der Waals surface area contributed by atoms with E-state index in [1.54, 1.807) is 7.05 Å². The minimum absolute atomic E-state index is 0. The fraction of sp³-hybridized carbons (Fsp3) is 0.316. The Hall–Kier alpha value is -1.61. The van der Waals surface area contributed by atoms with Crippen molar-refractivity contribution in [2.24, 2.45) is 4.99 Å². The molecule has 0 aromatic heterocycles. The Morgan fingerprint density at radius 2 is 1.73 bits per heavy atom. The summed E-state index contributed by atoms with van der Waals surface area (Å²) in [7, 11) is 2.69. The van der Waals surface area contributed by atoms with Crippen LogP contribution in [-0.2, 0) is 10.8 Å². The average Bonchev–Trinajstić information content (AvgIpc) is 2.66. The van der Waals surface area contributed by atoms with E-state index in [0.717, 1.165) is 16.6 Å². The predicted octanol–water partition coefficient (Wildman–Crippen LogP) is 3.00. The van der Waals surface area contributed by atoms with Gasteiger partial charge < -0.3 is 15.0 Å². The van der Waals surface area contributed by atoms with E-state index in [1.807, 2.05) is 72.6 Å². The van der Waals surface area contributed by atoms with Crippen LogP contribution in [0.3, 0.4) is 0 Å². The highest BCUT2D eigenvalue weighted by Gasteiger charge is 2.07. The van der Waals surface area contributed by atoms with Gasteiger partial charge >= 0.3 is 0 Å². The van der Waals surface area contributed by atoms with Crippen molar-refractivity contribution in [3.05, 3.63) is 60.7 Å². The van der Waals surface area contributed by atoms with Crippen molar-refractivity contribution in [3.63, 3.8) is 0 Å². The highest BCUT2D eigenvalue weighted by Crippen LogP contribution is 2.08. The van der Waals surface area contributed by atoms with Crippen LogP contribution < -0.4 is 10.1 Å². The number of nitrogens with one attached hydrogen (secondary N) is 1. The van der Waals surface area contributed by atoms with Crippen LogP contribution in [0.5, 0.6) is 5.75 Å². The third kappa shape index (κ3) is 7.74. The molecule has 0 saturated heterocycles. The first kappa shape index (κ1) is 22.4. The molecule has 26 heavy (non-hydrogen) atoms. The van der Waals surface area contributed by atoms with E-state index in [1.165, 1.54) is 0 Å². The molecule has 0 aliphatic rings. The summed E-state index contributed by atoms with van der Waals surface area (Å²) in [5.41, 5.74) is 0. The second kappa shape index (κ2) is 12.7. The Kier molecular flexibility index (Phi) is 11.0. The number of nitrogens with zero attached hydrogens (tertiary/aromatic N) is 2. The van der Waals surface area contributed by atoms with E-state index >= 15 is 0 Å². The Balaban J connectivity index is 0.00000338. The summed E-state index contributed by atoms with van der Waals surface area (Å²) in [4.78, 5) is 7.11. The summed E-state index contributed by atoms with van der Waals surface area (Å²) < 4.78 is 17.9. The fourth-order valence-electron chi connectivity index (χ4n) is 2.25. The van der Waals surface area contributed by atoms with Gasteiger partial charge in [-0.15, -0.1) is 24.0 Å². The van der Waals surface area contributed by atoms with Crippen molar-refractivity contribution in [1.29, 1.82) is 0 Å². The monoisotopic (exact) mass is 487 g/mol. The summed E-state index contributed by atoms with van der Waals surface area (Å²) in [5, 5.41) is 3.25. The largest absolute Gasteiger partial charge is 0.492 e. The lowest BCUT2D eigenvalue weighted by atomic mass is 10.3. The van der Waals surface area contributed by atoms with Crippen molar-refractivity contribution >= 4 is 40.7 Å². The maximum Gasteiger partial charge on any atom is 0.193 e. The van der Waals surface area contributed by atoms with E-state index in [-0.39, 0.29) is 24.0 Å². The Labute approximate surface area is 175 Å². The molecule has 1 atom stereocenters. The number of benzene rings is 2. The predicted molar refractivity (Wildman–Crippen MR) is 119 cm³/mol. The van der Waals surface area contributed by atoms with Crippen molar-refractivity contribution in [3.8, 4) is 5.75 Å². The lowest BCUT2D eigenvalue weighted by Crippen LogP contribution is -2.42. The first-order chi connectivity index (χ1) is 12.2. The normalized spacial score (nSPS) is 12.0. The van der Waals surface area contributed by atoms with Crippen LogP contribution in [0, 0.1) is 0 Å². The Morgan fingerprint density at radius 3 is 2.35 bits per heavy atom. The third-order valence-electron chi connectivity index (χ3n) is 3.59. The summed E-state index contributed by atoms with van der Waals surface area (Å²) in [6.07, 6.45) is 0. The van der Waals surface area contributed by atoms with Crippen LogP contribution in [0.25, 0.3) is 0 Å². The molecule has 1 N–H and O–H groups in total. The number of ether oxygens (including phenoxy) is 1. The quantitative estimate of drug-likeness (QED) is 0.354. The zero-order valence-corrected chi connectivity index (χ0v) is 18.3. The fourth-order valence-corrected chi connectivity index (χ4v) is 3.24. The van der Waals surface area contributed by atoms with Gasteiger partial charge in [-0.05, 0) is 24.3 Å². The number of halogens is 1. The topological polar surface area (TPSA) is 53.9 Å². The number of likely N-dealkylation sites (N-methyl/N-ethyl adjacent to an activating group) is 1. The van der Waals surface area contributed by atoms with Gasteiger partial charge in [0.1, 0.15) is 12.4 Å². The molecule has 5 nitrogen and oxygen atoms in total. The van der Waals surface area contributed by atoms with Crippen LogP contribution in [0.15, 0.2) is 70.6 Å². The zero-order valence-electron chi connectivity index (χ0n) is 15.1. The van der Waals surface area contributed by atoms with Crippen molar-refractivity contribution in [2.45, 2.75) is 4.90 Å². The van der Waals surface area contributed by atoms with Crippen molar-refractivity contribution in [2.75, 3.05) is 39.5 Å². The maximum absolute atomic E-state index is 12.2. The van der Waals surface area contributed by atoms with Crippen molar-refractivity contribution < 1.29 is 8.95 Å². The third-order valence-corrected chi connectivity index (χ3v) is 4.96. The van der Waals surface area contributed by atoms with Crippen LogP contribution in [0.1, 0.15) is 0 Å². The number of hydrogen-bond donors (Lipinski definition) is 1. The van der Waals surface area contributed by atoms with Gasteiger partial charge in [0.15, 0.2) is 5.96 Å². The van der Waals surface area contributed by atoms with Gasteiger partial charge in [0.2, 0.25) is 0 Å². The molecule has 7 heteroatoms. The number of hydrogen-bond acceptors (Lipinski definition) is 3. The molecule has 0 saturated carbocycles. The molecular weight excluding hydrogens is 461 g/mol. The first-order valence-electron chi connectivity index (χ1n) is 8.24. The standard InChI is InChI=1S/C19H25N3O2S.HI/c1-20-19(21-13-16-25(23)18-11-7-4-8-12-18)22(2)14-15-24-17-9-5-3-6-10-17;/h3-12H,13-16H2,1-2H3,(H,20,21);1H. The molecule has 0 heterocycles. The minimum Gasteiger partial charge on any atom is -0.492 e. The molecule has 1 unspecified atom stereocenters. The smallest absolute Gasteiger partial charge is 0.193 e. The highest BCUT2D eigenvalue weighted by atomic mass is 127. The Morgan fingerprint density at radius 1 is 1.12 bits per heavy atom. The summed E-state index contributed by atoms with van der Waals surface area (Å²) in [5.74, 6) is 2.16. The first-order valence-corrected chi connectivity index (χ1v) is 9.55. The van der Waals surface area contributed by atoms with Crippen LogP contribution in [-0.4, -0.2) is 54.6 Å². The SMILES string of the molecule is CN=C(NCCS(=O)c1ccccc1)N(C)CCOc1ccccc1.I. The number of rotatable bonds is 8. The van der Waals surface area contributed by atoms with E-state index in [2.05, 4.69) is 10.3 Å². The number of para-hydroxylation sites is 1. The maximum atomic E-state index is 12.2. The average molecular weight is 487 g/mol. The molecule has 0 amide bonds. The lowest BCUT2D eigenvalue weighted by Gasteiger charge is -2.22. The highest BCUT2D eigenvalue weighted by molar-refractivity contribution is 14.0. The van der Waals surface area contributed by atoms with Crippen LogP contribution >= 0.6 is 24.0 Å². The zero-order chi connectivity index (χ0) is 17.9. The van der Waals surface area contributed by atoms with Gasteiger partial charge in [0.05, 0.1) is 17.3 Å². The van der Waals surface area contributed by atoms with Gasteiger partial charge in [0.25, 0.3) is 0 Å². The molecule has 142 valence electrons. The molecule has 0 spiro atoms. The molecule has 0 aliphatic heterocycles. The Bertz CT molecular complexity index is 684. The summed E-state index contributed by atoms with van der Waals surface area (Å²) in [6.45, 7) is 1.87. The number of guanidine groups is 1. The molecule has 0 aliphatic carbocycles. The van der Waals surface area contributed by atoms with Crippen molar-refractivity contribution in [1.82, 2.24) is 10.2 Å². The summed E-state index contributed by atoms with van der Waals surface area (Å²) >= 11 is 0. The van der Waals surface area contributed by atoms with Gasteiger partial charge in [0, 0.05) is 31.3 Å². The molecular formula is C19H26IN3O2S. The molecule has 2 aromatic carbocycles. The minimum atomic E-state index is -1.01. The summed E-state index contributed by atoms with van der Waals surface area (Å²) in [6, 6.07) is 19.2. The molecule has 0 fully saturated rings. The lowest BCUT2D eigenvalue weighted by molar-refractivity contribution is 0.281. The van der Waals surface area contributed by atoms with Gasteiger partial charge in [-0.1, -0.05) is 36.4 Å². The molecule has 0 radical (unpaired) electrons. The second-order valence-electron chi connectivity index (χ2n) is 5.42. The van der Waals surface area contributed by atoms with E-state index < -0.39 is 10.8 Å². The number of aliphatic imine (C=N–C) groups is 1. The van der Waals surface area contributed by atoms with Gasteiger partial charge in [-0.3, -0.25) is 9.20 Å².